The second kappa shape index (κ2) is 15.6. The minimum Gasteiger partial charge on any atom is -0.361 e. The molecule has 270 valence electrons. The number of carbonyl (C=O) groups excluding carboxylic acids is 3. The van der Waals surface area contributed by atoms with Crippen LogP contribution in [0, 0.1) is 0 Å². The summed E-state index contributed by atoms with van der Waals surface area (Å²) >= 11 is 1.39. The molecule has 8 rings (SSSR count). The Balaban J connectivity index is 1.05. The lowest BCUT2D eigenvalue weighted by atomic mass is 10.1. The van der Waals surface area contributed by atoms with E-state index in [1.165, 1.54) is 11.8 Å². The van der Waals surface area contributed by atoms with E-state index in [2.05, 4.69) is 50.6 Å². The summed E-state index contributed by atoms with van der Waals surface area (Å²) in [7, 11) is 0. The lowest BCUT2D eigenvalue weighted by Gasteiger charge is -2.18. The van der Waals surface area contributed by atoms with Gasteiger partial charge in [-0.3, -0.25) is 14.4 Å². The topological polar surface area (TPSA) is 108 Å². The van der Waals surface area contributed by atoms with Crippen molar-refractivity contribution in [3.63, 3.8) is 0 Å². The highest BCUT2D eigenvalue weighted by atomic mass is 32.2. The molecule has 2 heterocycles. The third-order valence-corrected chi connectivity index (χ3v) is 10.7. The van der Waals surface area contributed by atoms with E-state index in [0.29, 0.717) is 16.9 Å². The normalized spacial score (nSPS) is 12.1. The number of amides is 3. The van der Waals surface area contributed by atoms with Crippen LogP contribution >= 0.6 is 11.8 Å². The minimum absolute atomic E-state index is 0.0808. The van der Waals surface area contributed by atoms with Crippen LogP contribution in [0.1, 0.15) is 33.7 Å². The Kier molecular flexibility index (Phi) is 10.0. The fourth-order valence-electron chi connectivity index (χ4n) is 6.87. The maximum atomic E-state index is 14.1. The highest BCUT2D eigenvalue weighted by molar-refractivity contribution is 8.00. The van der Waals surface area contributed by atoms with Gasteiger partial charge in [0, 0.05) is 72.8 Å². The number of H-pyrrole nitrogens is 1. The van der Waals surface area contributed by atoms with Crippen LogP contribution in [0.15, 0.2) is 168 Å². The highest BCUT2D eigenvalue weighted by Gasteiger charge is 2.24. The van der Waals surface area contributed by atoms with Crippen molar-refractivity contribution in [1.29, 1.82) is 0 Å². The first-order chi connectivity index (χ1) is 26.9. The molecule has 0 radical (unpaired) electrons. The first kappa shape index (κ1) is 35.2. The molecule has 0 aliphatic carbocycles. The predicted octanol–water partition coefficient (Wildman–Crippen LogP) is 10.2. The molecule has 0 saturated heterocycles. The number of thioether (sulfide) groups is 1. The molecule has 55 heavy (non-hydrogen) atoms. The van der Waals surface area contributed by atoms with Crippen molar-refractivity contribution in [3.8, 4) is 0 Å². The zero-order valence-corrected chi connectivity index (χ0v) is 30.8. The lowest BCUT2D eigenvalue weighted by Crippen LogP contribution is -2.30. The molecule has 2 aromatic heterocycles. The number of benzene rings is 6. The van der Waals surface area contributed by atoms with Crippen LogP contribution in [0.4, 0.5) is 11.4 Å². The van der Waals surface area contributed by atoms with Gasteiger partial charge in [-0.1, -0.05) is 91.0 Å². The van der Waals surface area contributed by atoms with E-state index in [9.17, 15) is 14.4 Å². The Hall–Kier alpha value is -6.84. The van der Waals surface area contributed by atoms with E-state index in [0.717, 1.165) is 55.3 Å². The Morgan fingerprint density at radius 3 is 2.18 bits per heavy atom. The van der Waals surface area contributed by atoms with Gasteiger partial charge in [0.05, 0.1) is 0 Å². The van der Waals surface area contributed by atoms with E-state index in [1.54, 1.807) is 42.6 Å². The van der Waals surface area contributed by atoms with Crippen LogP contribution in [0.25, 0.3) is 38.8 Å². The van der Waals surface area contributed by atoms with Crippen molar-refractivity contribution in [2.24, 2.45) is 0 Å². The molecule has 0 spiro atoms. The van der Waals surface area contributed by atoms with Crippen LogP contribution in [0.5, 0.6) is 0 Å². The van der Waals surface area contributed by atoms with Gasteiger partial charge in [0.2, 0.25) is 5.91 Å². The first-order valence-electron chi connectivity index (χ1n) is 18.0. The molecule has 0 fully saturated rings. The van der Waals surface area contributed by atoms with E-state index in [-0.39, 0.29) is 11.6 Å². The summed E-state index contributed by atoms with van der Waals surface area (Å²) in [5.74, 6) is -1.07. The van der Waals surface area contributed by atoms with Gasteiger partial charge >= 0.3 is 0 Å². The van der Waals surface area contributed by atoms with Crippen molar-refractivity contribution >= 4 is 79.6 Å². The maximum Gasteiger partial charge on any atom is 0.272 e. The number of hydrogen-bond donors (Lipinski definition) is 4. The van der Waals surface area contributed by atoms with Gasteiger partial charge in [-0.15, -0.1) is 11.8 Å². The molecular formula is C46H37N5O3S. The standard InChI is InChI=1S/C46H37N5O3S/c1-2-51-41-23-12-10-21-37(41)38-28-34(24-25-42(38)51)49-46(54)43(30-14-5-3-6-15-30)55-35-19-13-18-33(27-35)48-45(53)40(50-44(52)31-16-7-4-8-17-31)26-32-29-47-39-22-11-9-20-36(32)39/h3-29,43,47H,2H2,1H3,(H,48,53)(H,49,54)(H,50,52)/b40-26-. The number of aromatic amines is 1. The summed E-state index contributed by atoms with van der Waals surface area (Å²) in [5, 5.41) is 11.5. The SMILES string of the molecule is CCn1c2ccccc2c2cc(NC(=O)C(Sc3cccc(NC(=O)/C(=C/c4c[nH]c5ccccc45)NC(=O)c4ccccc4)c3)c3ccccc3)ccc21. The Bertz CT molecular complexity index is 2720. The summed E-state index contributed by atoms with van der Waals surface area (Å²) in [6, 6.07) is 47.9. The van der Waals surface area contributed by atoms with Gasteiger partial charge in [-0.25, -0.2) is 0 Å². The van der Waals surface area contributed by atoms with Gasteiger partial charge in [-0.2, -0.15) is 0 Å². The number of anilines is 2. The third-order valence-electron chi connectivity index (χ3n) is 9.49. The van der Waals surface area contributed by atoms with Crippen molar-refractivity contribution < 1.29 is 14.4 Å². The minimum atomic E-state index is -0.595. The number of aryl methyl sites for hydroxylation is 1. The molecular weight excluding hydrogens is 703 g/mol. The summed E-state index contributed by atoms with van der Waals surface area (Å²) in [6.45, 7) is 2.97. The zero-order chi connectivity index (χ0) is 37.7. The molecule has 8 aromatic rings. The van der Waals surface area contributed by atoms with E-state index >= 15 is 0 Å². The fourth-order valence-corrected chi connectivity index (χ4v) is 7.96. The molecule has 4 N–H and O–H groups in total. The molecule has 3 amide bonds. The number of nitrogens with one attached hydrogen (secondary N) is 4. The van der Waals surface area contributed by atoms with E-state index in [4.69, 9.17) is 0 Å². The Morgan fingerprint density at radius 1 is 0.691 bits per heavy atom. The Morgan fingerprint density at radius 2 is 1.38 bits per heavy atom. The molecule has 0 aliphatic rings. The molecule has 8 nitrogen and oxygen atoms in total. The molecule has 1 atom stereocenters. The number of hydrogen-bond acceptors (Lipinski definition) is 4. The summed E-state index contributed by atoms with van der Waals surface area (Å²) in [4.78, 5) is 45.3. The number of para-hydroxylation sites is 2. The first-order valence-corrected chi connectivity index (χ1v) is 18.9. The maximum absolute atomic E-state index is 14.1. The van der Waals surface area contributed by atoms with Crippen LogP contribution in [-0.4, -0.2) is 27.3 Å². The number of nitrogens with zero attached hydrogens (tertiary/aromatic N) is 1. The second-order valence-corrected chi connectivity index (χ2v) is 14.2. The van der Waals surface area contributed by atoms with Crippen LogP contribution < -0.4 is 16.0 Å². The van der Waals surface area contributed by atoms with Gasteiger partial charge in [0.1, 0.15) is 10.9 Å². The predicted molar refractivity (Wildman–Crippen MR) is 224 cm³/mol. The van der Waals surface area contributed by atoms with Crippen molar-refractivity contribution in [2.45, 2.75) is 23.6 Å². The number of rotatable bonds is 11. The Labute approximate surface area is 322 Å². The monoisotopic (exact) mass is 739 g/mol. The van der Waals surface area contributed by atoms with Crippen LogP contribution in [0.2, 0.25) is 0 Å². The quantitative estimate of drug-likeness (QED) is 0.0782. The van der Waals surface area contributed by atoms with Crippen molar-refractivity contribution in [3.05, 3.63) is 180 Å². The third kappa shape index (κ3) is 7.51. The van der Waals surface area contributed by atoms with E-state index in [1.807, 2.05) is 103 Å². The summed E-state index contributed by atoms with van der Waals surface area (Å²) in [5.41, 5.74) is 6.52. The zero-order valence-electron chi connectivity index (χ0n) is 30.0. The molecule has 1 unspecified atom stereocenters. The van der Waals surface area contributed by atoms with Crippen molar-refractivity contribution in [2.75, 3.05) is 10.6 Å². The van der Waals surface area contributed by atoms with Gasteiger partial charge in [0.25, 0.3) is 11.8 Å². The van der Waals surface area contributed by atoms with Gasteiger partial charge in [0.15, 0.2) is 0 Å². The molecule has 6 aromatic carbocycles. The lowest BCUT2D eigenvalue weighted by molar-refractivity contribution is -0.116. The van der Waals surface area contributed by atoms with Crippen molar-refractivity contribution in [1.82, 2.24) is 14.9 Å². The number of aromatic nitrogens is 2. The number of fused-ring (bicyclic) bond motifs is 4. The largest absolute Gasteiger partial charge is 0.361 e. The number of carbonyl (C=O) groups is 3. The summed E-state index contributed by atoms with van der Waals surface area (Å²) in [6.07, 6.45) is 3.47. The fraction of sp³-hybridized carbons (Fsp3) is 0.0652. The average Bonchev–Trinajstić information content (AvgIpc) is 3.78. The van der Waals surface area contributed by atoms with Gasteiger partial charge in [-0.05, 0) is 79.2 Å². The smallest absolute Gasteiger partial charge is 0.272 e. The van der Waals surface area contributed by atoms with Crippen LogP contribution in [0.3, 0.4) is 0 Å². The van der Waals surface area contributed by atoms with Gasteiger partial charge < -0.3 is 25.5 Å². The average molecular weight is 740 g/mol. The summed E-state index contributed by atoms with van der Waals surface area (Å²) < 4.78 is 2.28. The van der Waals surface area contributed by atoms with Crippen LogP contribution in [-0.2, 0) is 16.1 Å². The second-order valence-electron chi connectivity index (χ2n) is 13.0. The molecule has 0 aliphatic heterocycles. The van der Waals surface area contributed by atoms with E-state index < -0.39 is 17.1 Å². The highest BCUT2D eigenvalue weighted by Crippen LogP contribution is 2.38. The molecule has 0 saturated carbocycles. The molecule has 0 bridgehead atoms. The molecule has 9 heteroatoms.